The summed E-state index contributed by atoms with van der Waals surface area (Å²) >= 11 is 0. The Morgan fingerprint density at radius 1 is 1.38 bits per heavy atom. The Kier molecular flexibility index (Phi) is 5.06. The lowest BCUT2D eigenvalue weighted by Gasteiger charge is -2.18. The third-order valence-electron chi connectivity index (χ3n) is 1.51. The van der Waals surface area contributed by atoms with Crippen LogP contribution in [-0.4, -0.2) is 49.8 Å². The maximum Gasteiger partial charge on any atom is 0.422 e. The van der Waals surface area contributed by atoms with Gasteiger partial charge in [0.1, 0.15) is 6.04 Å². The molecule has 0 fully saturated rings. The third-order valence-corrected chi connectivity index (χ3v) is 1.51. The number of carbonyl (C=O) groups excluding carboxylic acids is 2. The van der Waals surface area contributed by atoms with Crippen LogP contribution in [0.15, 0.2) is 0 Å². The number of hydrogen-bond donors (Lipinski definition) is 1. The molecular formula is C8H13F3N2O3. The van der Waals surface area contributed by atoms with Gasteiger partial charge in [-0.2, -0.15) is 13.2 Å². The minimum atomic E-state index is -4.58. The molecule has 1 unspecified atom stereocenters. The molecule has 0 spiro atoms. The number of halogens is 3. The number of likely N-dealkylation sites (N-methyl/N-ethyl adjacent to an activating group) is 1. The molecule has 1 atom stereocenters. The quantitative estimate of drug-likeness (QED) is 0.794. The summed E-state index contributed by atoms with van der Waals surface area (Å²) < 4.78 is 38.8. The van der Waals surface area contributed by atoms with Gasteiger partial charge in [-0.15, -0.1) is 0 Å². The fourth-order valence-corrected chi connectivity index (χ4v) is 0.815. The Bertz CT molecular complexity index is 266. The largest absolute Gasteiger partial charge is 0.440 e. The van der Waals surface area contributed by atoms with Gasteiger partial charge >= 0.3 is 12.3 Å². The molecule has 0 aliphatic heterocycles. The first-order valence-corrected chi connectivity index (χ1v) is 4.34. The highest BCUT2D eigenvalue weighted by Gasteiger charge is 2.30. The van der Waals surface area contributed by atoms with Crippen molar-refractivity contribution in [2.24, 2.45) is 0 Å². The first kappa shape index (κ1) is 14.5. The van der Waals surface area contributed by atoms with Crippen molar-refractivity contribution in [3.05, 3.63) is 0 Å². The number of amides is 2. The van der Waals surface area contributed by atoms with Crippen LogP contribution in [0.25, 0.3) is 0 Å². The molecular weight excluding hydrogens is 229 g/mol. The van der Waals surface area contributed by atoms with Crippen LogP contribution >= 0.6 is 0 Å². The van der Waals surface area contributed by atoms with Crippen molar-refractivity contribution in [2.75, 3.05) is 20.7 Å². The number of ether oxygens (including phenoxy) is 1. The van der Waals surface area contributed by atoms with Crippen molar-refractivity contribution in [1.82, 2.24) is 10.2 Å². The summed E-state index contributed by atoms with van der Waals surface area (Å²) in [5, 5.41) is 1.98. The zero-order chi connectivity index (χ0) is 12.9. The minimum absolute atomic E-state index is 0.441. The maximum absolute atomic E-state index is 11.7. The van der Waals surface area contributed by atoms with Crippen molar-refractivity contribution in [2.45, 2.75) is 19.1 Å². The van der Waals surface area contributed by atoms with Crippen molar-refractivity contribution in [3.8, 4) is 0 Å². The summed E-state index contributed by atoms with van der Waals surface area (Å²) in [6.45, 7) is -0.334. The van der Waals surface area contributed by atoms with E-state index in [-0.39, 0.29) is 0 Å². The SMILES string of the molecule is CC(NC(=O)OCC(F)(F)F)C(=O)N(C)C. The lowest BCUT2D eigenvalue weighted by Crippen LogP contribution is -2.45. The van der Waals surface area contributed by atoms with Gasteiger partial charge in [0.15, 0.2) is 6.61 Å². The van der Waals surface area contributed by atoms with Crippen LogP contribution < -0.4 is 5.32 Å². The van der Waals surface area contributed by atoms with Crippen molar-refractivity contribution < 1.29 is 27.5 Å². The fraction of sp³-hybridized carbons (Fsp3) is 0.750. The number of alkyl halides is 3. The molecule has 1 N–H and O–H groups in total. The van der Waals surface area contributed by atoms with Crippen LogP contribution in [0.4, 0.5) is 18.0 Å². The van der Waals surface area contributed by atoms with E-state index in [1.165, 1.54) is 25.9 Å². The van der Waals surface area contributed by atoms with Crippen LogP contribution in [0.3, 0.4) is 0 Å². The Morgan fingerprint density at radius 2 is 1.88 bits per heavy atom. The second-order valence-corrected chi connectivity index (χ2v) is 3.29. The molecule has 94 valence electrons. The summed E-state index contributed by atoms with van der Waals surface area (Å²) in [4.78, 5) is 23.2. The number of hydrogen-bond acceptors (Lipinski definition) is 3. The van der Waals surface area contributed by atoms with Crippen LogP contribution in [0.5, 0.6) is 0 Å². The summed E-state index contributed by atoms with van der Waals surface area (Å²) in [5.41, 5.74) is 0. The van der Waals surface area contributed by atoms with Gasteiger partial charge in [-0.3, -0.25) is 4.79 Å². The second kappa shape index (κ2) is 5.57. The van der Waals surface area contributed by atoms with E-state index in [0.717, 1.165) is 0 Å². The van der Waals surface area contributed by atoms with E-state index in [1.54, 1.807) is 0 Å². The van der Waals surface area contributed by atoms with Gasteiger partial charge in [-0.05, 0) is 6.92 Å². The van der Waals surface area contributed by atoms with Gasteiger partial charge < -0.3 is 15.0 Å². The molecule has 16 heavy (non-hydrogen) atoms. The molecule has 0 aromatic carbocycles. The standard InChI is InChI=1S/C8H13F3N2O3/c1-5(6(14)13(2)3)12-7(15)16-4-8(9,10)11/h5H,4H2,1-3H3,(H,12,15). The summed E-state index contributed by atoms with van der Waals surface area (Å²) in [6, 6.07) is -0.935. The third kappa shape index (κ3) is 6.10. The first-order valence-electron chi connectivity index (χ1n) is 4.34. The van der Waals surface area contributed by atoms with Gasteiger partial charge in [0, 0.05) is 14.1 Å². The van der Waals surface area contributed by atoms with Crippen LogP contribution in [0, 0.1) is 0 Å². The first-order chi connectivity index (χ1) is 7.13. The maximum atomic E-state index is 11.7. The molecule has 0 saturated carbocycles. The van der Waals surface area contributed by atoms with Gasteiger partial charge in [0.2, 0.25) is 5.91 Å². The Balaban J connectivity index is 4.02. The number of nitrogens with one attached hydrogen (secondary N) is 1. The molecule has 0 aliphatic carbocycles. The number of nitrogens with zero attached hydrogens (tertiary/aromatic N) is 1. The molecule has 2 amide bonds. The Labute approximate surface area is 90.5 Å². The van der Waals surface area contributed by atoms with Crippen molar-refractivity contribution in [1.29, 1.82) is 0 Å². The van der Waals surface area contributed by atoms with E-state index >= 15 is 0 Å². The number of alkyl carbamates (subject to hydrolysis) is 1. The summed E-state index contributed by atoms with van der Waals surface area (Å²) in [7, 11) is 2.92. The summed E-state index contributed by atoms with van der Waals surface area (Å²) in [5.74, 6) is -0.441. The van der Waals surface area contributed by atoms with Crippen molar-refractivity contribution in [3.63, 3.8) is 0 Å². The van der Waals surface area contributed by atoms with Gasteiger partial charge in [0.25, 0.3) is 0 Å². The van der Waals surface area contributed by atoms with Crippen molar-refractivity contribution >= 4 is 12.0 Å². The minimum Gasteiger partial charge on any atom is -0.440 e. The molecule has 0 aromatic rings. The smallest absolute Gasteiger partial charge is 0.422 e. The Morgan fingerprint density at radius 3 is 2.25 bits per heavy atom. The van der Waals surface area contributed by atoms with Gasteiger partial charge in [-0.25, -0.2) is 4.79 Å². The second-order valence-electron chi connectivity index (χ2n) is 3.29. The fourth-order valence-electron chi connectivity index (χ4n) is 0.815. The van der Waals surface area contributed by atoms with E-state index in [4.69, 9.17) is 0 Å². The number of rotatable bonds is 3. The summed E-state index contributed by atoms with van der Waals surface area (Å²) in [6.07, 6.45) is -5.86. The zero-order valence-corrected chi connectivity index (χ0v) is 9.09. The van der Waals surface area contributed by atoms with E-state index < -0.39 is 30.8 Å². The van der Waals surface area contributed by atoms with Crippen LogP contribution in [-0.2, 0) is 9.53 Å². The molecule has 0 aliphatic rings. The Hall–Kier alpha value is -1.47. The highest BCUT2D eigenvalue weighted by Crippen LogP contribution is 2.14. The predicted molar refractivity (Wildman–Crippen MR) is 48.7 cm³/mol. The number of carbonyl (C=O) groups is 2. The highest BCUT2D eigenvalue weighted by molar-refractivity contribution is 5.84. The molecule has 0 bridgehead atoms. The zero-order valence-electron chi connectivity index (χ0n) is 9.09. The normalized spacial score (nSPS) is 12.9. The van der Waals surface area contributed by atoms with E-state index in [1.807, 2.05) is 5.32 Å². The highest BCUT2D eigenvalue weighted by atomic mass is 19.4. The molecule has 0 rings (SSSR count). The van der Waals surface area contributed by atoms with Gasteiger partial charge in [-0.1, -0.05) is 0 Å². The molecule has 0 radical (unpaired) electrons. The molecule has 5 nitrogen and oxygen atoms in total. The molecule has 0 heterocycles. The topological polar surface area (TPSA) is 58.6 Å². The molecule has 0 aromatic heterocycles. The average molecular weight is 242 g/mol. The van der Waals surface area contributed by atoms with E-state index in [0.29, 0.717) is 0 Å². The monoisotopic (exact) mass is 242 g/mol. The lowest BCUT2D eigenvalue weighted by atomic mass is 10.3. The van der Waals surface area contributed by atoms with E-state index in [2.05, 4.69) is 4.74 Å². The van der Waals surface area contributed by atoms with Crippen LogP contribution in [0.2, 0.25) is 0 Å². The lowest BCUT2D eigenvalue weighted by molar-refractivity contribution is -0.160. The van der Waals surface area contributed by atoms with Crippen LogP contribution in [0.1, 0.15) is 6.92 Å². The van der Waals surface area contributed by atoms with E-state index in [9.17, 15) is 22.8 Å². The predicted octanol–water partition coefficient (Wildman–Crippen LogP) is 0.752. The average Bonchev–Trinajstić information content (AvgIpc) is 2.12. The molecule has 0 saturated heterocycles. The van der Waals surface area contributed by atoms with Gasteiger partial charge in [0.05, 0.1) is 0 Å². The molecule has 8 heteroatoms.